The van der Waals surface area contributed by atoms with Gasteiger partial charge in [0.25, 0.3) is 5.91 Å². The van der Waals surface area contributed by atoms with Crippen molar-refractivity contribution in [3.05, 3.63) is 47.4 Å². The van der Waals surface area contributed by atoms with Crippen LogP contribution in [0.5, 0.6) is 0 Å². The van der Waals surface area contributed by atoms with Gasteiger partial charge in [-0.15, -0.1) is 0 Å². The van der Waals surface area contributed by atoms with Crippen LogP contribution in [-0.4, -0.2) is 37.6 Å². The molecule has 1 aliphatic rings. The molecule has 1 fully saturated rings. The summed E-state index contributed by atoms with van der Waals surface area (Å²) >= 11 is 0. The third-order valence-corrected chi connectivity index (χ3v) is 6.98. The Hall–Kier alpha value is -2.65. The number of benzene rings is 1. The van der Waals surface area contributed by atoms with Gasteiger partial charge in [0.05, 0.1) is 0 Å². The van der Waals surface area contributed by atoms with E-state index in [0.717, 1.165) is 18.4 Å². The fraction of sp³-hybridized carbons (Fsp3) is 0.429. The van der Waals surface area contributed by atoms with Gasteiger partial charge >= 0.3 is 0 Å². The van der Waals surface area contributed by atoms with E-state index in [-0.39, 0.29) is 34.8 Å². The van der Waals surface area contributed by atoms with Crippen LogP contribution >= 0.6 is 0 Å². The first-order valence-electron chi connectivity index (χ1n) is 9.97. The highest BCUT2D eigenvalue weighted by atomic mass is 32.2. The molecule has 0 unspecified atom stereocenters. The molecule has 0 spiro atoms. The molecule has 2 N–H and O–H groups in total. The smallest absolute Gasteiger partial charge is 0.287 e. The predicted molar refractivity (Wildman–Crippen MR) is 113 cm³/mol. The van der Waals surface area contributed by atoms with Gasteiger partial charge in [-0.05, 0) is 37.5 Å². The molecule has 0 saturated carbocycles. The van der Waals surface area contributed by atoms with Gasteiger partial charge < -0.3 is 15.1 Å². The summed E-state index contributed by atoms with van der Waals surface area (Å²) in [6, 6.07) is 8.42. The zero-order chi connectivity index (χ0) is 21.9. The van der Waals surface area contributed by atoms with Crippen molar-refractivity contribution in [3.8, 4) is 0 Å². The Morgan fingerprint density at radius 3 is 2.37 bits per heavy atom. The number of nitrogens with zero attached hydrogens (tertiary/aromatic N) is 1. The summed E-state index contributed by atoms with van der Waals surface area (Å²) in [6.07, 6.45) is 1.67. The van der Waals surface area contributed by atoms with Crippen molar-refractivity contribution in [1.29, 1.82) is 0 Å². The van der Waals surface area contributed by atoms with E-state index in [1.165, 1.54) is 10.4 Å². The number of carbonyl (C=O) groups excluding carboxylic acids is 2. The summed E-state index contributed by atoms with van der Waals surface area (Å²) in [4.78, 5) is 24.2. The van der Waals surface area contributed by atoms with Gasteiger partial charge in [0, 0.05) is 37.3 Å². The number of furan rings is 1. The van der Waals surface area contributed by atoms with Gasteiger partial charge in [-0.1, -0.05) is 26.0 Å². The molecule has 9 heteroatoms. The fourth-order valence-electron chi connectivity index (χ4n) is 3.16. The quantitative estimate of drug-likeness (QED) is 0.698. The molecule has 1 aromatic heterocycles. The monoisotopic (exact) mass is 433 g/mol. The molecule has 30 heavy (non-hydrogen) atoms. The molecule has 2 amide bonds. The molecule has 0 radical (unpaired) electrons. The second-order valence-electron chi connectivity index (χ2n) is 7.67. The van der Waals surface area contributed by atoms with Gasteiger partial charge in [0.1, 0.15) is 10.7 Å². The lowest BCUT2D eigenvalue weighted by molar-refractivity contribution is -0.118. The van der Waals surface area contributed by atoms with Crippen LogP contribution in [0.3, 0.4) is 0 Å². The highest BCUT2D eigenvalue weighted by molar-refractivity contribution is 7.89. The number of anilines is 1. The number of hydrogen-bond acceptors (Lipinski definition) is 5. The number of aryl methyl sites for hydroxylation is 1. The van der Waals surface area contributed by atoms with Gasteiger partial charge in [-0.25, -0.2) is 8.42 Å². The number of amides is 2. The van der Waals surface area contributed by atoms with Crippen LogP contribution in [0.15, 0.2) is 39.6 Å². The van der Waals surface area contributed by atoms with Gasteiger partial charge in [0.15, 0.2) is 5.76 Å². The summed E-state index contributed by atoms with van der Waals surface area (Å²) in [5, 5.41) is 5.53. The summed E-state index contributed by atoms with van der Waals surface area (Å²) in [7, 11) is -3.65. The lowest BCUT2D eigenvalue weighted by Gasteiger charge is -2.14. The summed E-state index contributed by atoms with van der Waals surface area (Å²) in [6.45, 7) is 6.40. The molecular formula is C21H27N3O5S. The summed E-state index contributed by atoms with van der Waals surface area (Å²) < 4.78 is 32.3. The lowest BCUT2D eigenvalue weighted by Crippen LogP contribution is -2.28. The van der Waals surface area contributed by atoms with Crippen molar-refractivity contribution in [2.75, 3.05) is 18.4 Å². The van der Waals surface area contributed by atoms with E-state index in [0.29, 0.717) is 18.8 Å². The van der Waals surface area contributed by atoms with E-state index in [9.17, 15) is 18.0 Å². The Labute approximate surface area is 176 Å². The molecule has 8 nitrogen and oxygen atoms in total. The molecular weight excluding hydrogens is 406 g/mol. The minimum Gasteiger partial charge on any atom is -0.455 e. The van der Waals surface area contributed by atoms with Gasteiger partial charge in [-0.3, -0.25) is 9.59 Å². The van der Waals surface area contributed by atoms with Crippen molar-refractivity contribution in [1.82, 2.24) is 9.62 Å². The van der Waals surface area contributed by atoms with Crippen LogP contribution in [-0.2, 0) is 21.4 Å². The summed E-state index contributed by atoms with van der Waals surface area (Å²) in [5.41, 5.74) is 1.52. The van der Waals surface area contributed by atoms with E-state index >= 15 is 0 Å². The molecule has 0 aliphatic carbocycles. The van der Waals surface area contributed by atoms with Gasteiger partial charge in [-0.2, -0.15) is 4.31 Å². The number of sulfonamides is 1. The van der Waals surface area contributed by atoms with Crippen molar-refractivity contribution < 1.29 is 22.4 Å². The number of carbonyl (C=O) groups is 2. The lowest BCUT2D eigenvalue weighted by atomic mass is 10.1. The maximum Gasteiger partial charge on any atom is 0.287 e. The maximum absolute atomic E-state index is 12.7. The Morgan fingerprint density at radius 1 is 1.13 bits per heavy atom. The first kappa shape index (κ1) is 22.0. The van der Waals surface area contributed by atoms with Crippen molar-refractivity contribution in [3.63, 3.8) is 0 Å². The molecule has 0 bridgehead atoms. The van der Waals surface area contributed by atoms with Crippen molar-refractivity contribution in [2.45, 2.75) is 45.1 Å². The average molecular weight is 434 g/mol. The predicted octanol–water partition coefficient (Wildman–Crippen LogP) is 2.90. The topological polar surface area (TPSA) is 109 Å². The van der Waals surface area contributed by atoms with Crippen LogP contribution in [0.25, 0.3) is 0 Å². The Morgan fingerprint density at radius 2 is 1.77 bits per heavy atom. The fourth-order valence-corrected chi connectivity index (χ4v) is 4.84. The zero-order valence-corrected chi connectivity index (χ0v) is 18.2. The van der Waals surface area contributed by atoms with Crippen molar-refractivity contribution >= 4 is 27.5 Å². The molecule has 0 atom stereocenters. The standard InChI is InChI=1S/C21H27N3O5S/c1-14(2)20(25)23-17-8-6-16(7-9-17)13-22-21(26)18-12-19(15(3)29-18)30(27,28)24-10-4-5-11-24/h6-9,12,14H,4-5,10-11,13H2,1-3H3,(H,22,26)(H,23,25). The average Bonchev–Trinajstić information content (AvgIpc) is 3.37. The highest BCUT2D eigenvalue weighted by Crippen LogP contribution is 2.26. The second kappa shape index (κ2) is 9.01. The van der Waals surface area contributed by atoms with Crippen molar-refractivity contribution in [2.24, 2.45) is 5.92 Å². The Bertz CT molecular complexity index is 1020. The molecule has 1 aliphatic heterocycles. The van der Waals surface area contributed by atoms with Crippen LogP contribution in [0.1, 0.15) is 48.6 Å². The first-order valence-corrected chi connectivity index (χ1v) is 11.4. The van der Waals surface area contributed by atoms with E-state index in [1.807, 2.05) is 13.8 Å². The van der Waals surface area contributed by atoms with Crippen LogP contribution in [0.4, 0.5) is 5.69 Å². The molecule has 2 heterocycles. The molecule has 1 saturated heterocycles. The van der Waals surface area contributed by atoms with E-state index in [1.54, 1.807) is 31.2 Å². The third-order valence-electron chi connectivity index (χ3n) is 4.98. The normalized spacial score (nSPS) is 14.8. The Balaban J connectivity index is 1.62. The maximum atomic E-state index is 12.7. The van der Waals surface area contributed by atoms with Crippen LogP contribution in [0.2, 0.25) is 0 Å². The number of rotatable bonds is 7. The molecule has 3 rings (SSSR count). The van der Waals surface area contributed by atoms with Crippen LogP contribution in [0, 0.1) is 12.8 Å². The minimum absolute atomic E-state index is 0.0360. The molecule has 162 valence electrons. The van der Waals surface area contributed by atoms with E-state index in [4.69, 9.17) is 4.42 Å². The third kappa shape index (κ3) is 4.91. The largest absolute Gasteiger partial charge is 0.455 e. The minimum atomic E-state index is -3.65. The number of hydrogen-bond donors (Lipinski definition) is 2. The van der Waals surface area contributed by atoms with Gasteiger partial charge in [0.2, 0.25) is 15.9 Å². The van der Waals surface area contributed by atoms with E-state index < -0.39 is 15.9 Å². The highest BCUT2D eigenvalue weighted by Gasteiger charge is 2.31. The van der Waals surface area contributed by atoms with Crippen LogP contribution < -0.4 is 10.6 Å². The molecule has 1 aromatic carbocycles. The Kier molecular flexibility index (Phi) is 6.62. The van der Waals surface area contributed by atoms with E-state index in [2.05, 4.69) is 10.6 Å². The SMILES string of the molecule is Cc1oc(C(=O)NCc2ccc(NC(=O)C(C)C)cc2)cc1S(=O)(=O)N1CCCC1. The zero-order valence-electron chi connectivity index (χ0n) is 17.4. The first-order chi connectivity index (χ1) is 14.2. The summed E-state index contributed by atoms with van der Waals surface area (Å²) in [5.74, 6) is -0.495. The second-order valence-corrected chi connectivity index (χ2v) is 9.57. The number of nitrogens with one attached hydrogen (secondary N) is 2. The molecule has 2 aromatic rings.